The van der Waals surface area contributed by atoms with Crippen LogP contribution in [0.4, 0.5) is 11.6 Å². The normalized spacial score (nSPS) is 15.7. The molecule has 0 radical (unpaired) electrons. The number of nitrogens with zero attached hydrogens (tertiary/aromatic N) is 4. The van der Waals surface area contributed by atoms with E-state index < -0.39 is 0 Å². The van der Waals surface area contributed by atoms with Crippen molar-refractivity contribution in [1.82, 2.24) is 25.1 Å². The van der Waals surface area contributed by atoms with Gasteiger partial charge in [0.05, 0.1) is 29.5 Å². The Labute approximate surface area is 233 Å². The van der Waals surface area contributed by atoms with E-state index in [1.54, 1.807) is 0 Å². The molecule has 0 bridgehead atoms. The van der Waals surface area contributed by atoms with Crippen LogP contribution in [-0.2, 0) is 0 Å². The fourth-order valence-electron chi connectivity index (χ4n) is 5.33. The van der Waals surface area contributed by atoms with Crippen molar-refractivity contribution in [3.05, 3.63) is 102 Å². The predicted molar refractivity (Wildman–Crippen MR) is 158 cm³/mol. The topological polar surface area (TPSA) is 84.7 Å². The maximum absolute atomic E-state index is 13.3. The molecule has 2 heterocycles. The minimum Gasteiger partial charge on any atom is -0.346 e. The number of hydrogen-bond donors (Lipinski definition) is 2. The zero-order chi connectivity index (χ0) is 27.2. The van der Waals surface area contributed by atoms with Gasteiger partial charge >= 0.3 is 0 Å². The quantitative estimate of drug-likeness (QED) is 0.222. The van der Waals surface area contributed by atoms with Crippen LogP contribution < -0.4 is 10.6 Å². The van der Waals surface area contributed by atoms with E-state index in [-0.39, 0.29) is 11.9 Å². The summed E-state index contributed by atoms with van der Waals surface area (Å²) in [6.45, 7) is 4.09. The van der Waals surface area contributed by atoms with Crippen LogP contribution in [0.25, 0.3) is 22.0 Å². The molecule has 7 heteroatoms. The molecule has 7 nitrogen and oxygen atoms in total. The summed E-state index contributed by atoms with van der Waals surface area (Å²) in [6, 6.07) is 21.1. The van der Waals surface area contributed by atoms with Gasteiger partial charge in [-0.25, -0.2) is 9.97 Å². The van der Waals surface area contributed by atoms with E-state index in [2.05, 4.69) is 64.0 Å². The van der Waals surface area contributed by atoms with Crippen LogP contribution in [0.1, 0.15) is 77.7 Å². The summed E-state index contributed by atoms with van der Waals surface area (Å²) in [5.74, 6) is 1.03. The third-order valence-corrected chi connectivity index (χ3v) is 7.89. The number of carbonyl (C=O) groups is 1. The van der Waals surface area contributed by atoms with Crippen molar-refractivity contribution < 1.29 is 4.79 Å². The first-order valence-corrected chi connectivity index (χ1v) is 14.1. The number of rotatable bonds is 8. The lowest BCUT2D eigenvalue weighted by Gasteiger charge is -2.17. The average molecular weight is 529 g/mol. The fourth-order valence-corrected chi connectivity index (χ4v) is 5.33. The molecule has 3 aromatic carbocycles. The third-order valence-electron chi connectivity index (χ3n) is 7.89. The molecule has 2 fully saturated rings. The smallest absolute Gasteiger partial charge is 0.251 e. The SMILES string of the molecule is Cc1cccc([C@H](C)NC(=O)c2ccc(C3CC3)c(-c3ccc4nc(Nc5cnn(C6CC6)c5)ncc4c3)c2)c1. The Morgan fingerprint density at radius 2 is 1.88 bits per heavy atom. The molecule has 2 saturated carbocycles. The van der Waals surface area contributed by atoms with Gasteiger partial charge < -0.3 is 10.6 Å². The number of aromatic nitrogens is 4. The van der Waals surface area contributed by atoms with Crippen molar-refractivity contribution in [1.29, 1.82) is 0 Å². The lowest BCUT2D eigenvalue weighted by molar-refractivity contribution is 0.0940. The molecule has 2 N–H and O–H groups in total. The molecule has 5 aromatic rings. The van der Waals surface area contributed by atoms with Gasteiger partial charge in [0.15, 0.2) is 0 Å². The Bertz CT molecular complexity index is 1730. The largest absolute Gasteiger partial charge is 0.346 e. The molecule has 200 valence electrons. The molecular weight excluding hydrogens is 496 g/mol. The number of hydrogen-bond acceptors (Lipinski definition) is 5. The Kier molecular flexibility index (Phi) is 6.07. The molecule has 7 rings (SSSR count). The highest BCUT2D eigenvalue weighted by Gasteiger charge is 2.27. The number of amides is 1. The minimum atomic E-state index is -0.0809. The van der Waals surface area contributed by atoms with Crippen molar-refractivity contribution in [3.63, 3.8) is 0 Å². The summed E-state index contributed by atoms with van der Waals surface area (Å²) in [7, 11) is 0. The van der Waals surface area contributed by atoms with Crippen LogP contribution in [-0.4, -0.2) is 25.7 Å². The van der Waals surface area contributed by atoms with Crippen LogP contribution in [0.5, 0.6) is 0 Å². The van der Waals surface area contributed by atoms with E-state index in [4.69, 9.17) is 4.98 Å². The Morgan fingerprint density at radius 3 is 2.67 bits per heavy atom. The van der Waals surface area contributed by atoms with Crippen LogP contribution in [0.15, 0.2) is 79.3 Å². The number of benzene rings is 3. The highest BCUT2D eigenvalue weighted by atomic mass is 16.1. The van der Waals surface area contributed by atoms with Crippen molar-refractivity contribution in [2.24, 2.45) is 0 Å². The first kappa shape index (κ1) is 24.5. The fraction of sp³-hybridized carbons (Fsp3) is 0.273. The van der Waals surface area contributed by atoms with Crippen molar-refractivity contribution in [2.45, 2.75) is 57.5 Å². The lowest BCUT2D eigenvalue weighted by atomic mass is 9.93. The molecule has 0 unspecified atom stereocenters. The molecule has 2 aromatic heterocycles. The summed E-state index contributed by atoms with van der Waals surface area (Å²) in [5, 5.41) is 11.8. The van der Waals surface area contributed by atoms with Gasteiger partial charge in [0.2, 0.25) is 5.95 Å². The molecule has 1 amide bonds. The summed E-state index contributed by atoms with van der Waals surface area (Å²) < 4.78 is 2.00. The monoisotopic (exact) mass is 528 g/mol. The standard InChI is InChI=1S/C33H32N6O/c1-20-4-3-5-23(14-20)21(2)36-32(40)25-8-12-29(22-6-7-22)30(16-25)24-9-13-31-26(15-24)17-34-33(38-31)37-27-18-35-39(19-27)28-10-11-28/h3-5,8-9,12-19,21-22,28H,6-7,10-11H2,1-2H3,(H,36,40)(H,34,37,38)/t21-/m0/s1. The summed E-state index contributed by atoms with van der Waals surface area (Å²) >= 11 is 0. The number of fused-ring (bicyclic) bond motifs is 1. The number of anilines is 2. The first-order valence-electron chi connectivity index (χ1n) is 14.1. The van der Waals surface area contributed by atoms with E-state index in [1.807, 2.05) is 54.5 Å². The van der Waals surface area contributed by atoms with Crippen LogP contribution >= 0.6 is 0 Å². The van der Waals surface area contributed by atoms with Crippen molar-refractivity contribution in [3.8, 4) is 11.1 Å². The van der Waals surface area contributed by atoms with E-state index in [1.165, 1.54) is 36.8 Å². The van der Waals surface area contributed by atoms with Gasteiger partial charge in [-0.1, -0.05) is 42.0 Å². The Hall–Kier alpha value is -4.52. The second-order valence-corrected chi connectivity index (χ2v) is 11.2. The van der Waals surface area contributed by atoms with Gasteiger partial charge in [-0.05, 0) is 92.0 Å². The molecule has 1 atom stereocenters. The van der Waals surface area contributed by atoms with Gasteiger partial charge in [0.1, 0.15) is 0 Å². The van der Waals surface area contributed by atoms with Gasteiger partial charge in [0, 0.05) is 23.3 Å². The highest BCUT2D eigenvalue weighted by molar-refractivity contribution is 5.96. The number of nitrogens with one attached hydrogen (secondary N) is 2. The number of aryl methyl sites for hydroxylation is 1. The molecule has 0 aliphatic heterocycles. The molecule has 2 aliphatic rings. The van der Waals surface area contributed by atoms with Crippen LogP contribution in [0.3, 0.4) is 0 Å². The van der Waals surface area contributed by atoms with Crippen molar-refractivity contribution >= 4 is 28.4 Å². The minimum absolute atomic E-state index is 0.0672. The molecule has 40 heavy (non-hydrogen) atoms. The Balaban J connectivity index is 1.15. The zero-order valence-electron chi connectivity index (χ0n) is 22.8. The average Bonchev–Trinajstić information content (AvgIpc) is 3.91. The molecule has 0 spiro atoms. The summed E-state index contributed by atoms with van der Waals surface area (Å²) in [5.41, 5.74) is 8.19. The van der Waals surface area contributed by atoms with E-state index >= 15 is 0 Å². The van der Waals surface area contributed by atoms with Gasteiger partial charge in [0.25, 0.3) is 5.91 Å². The van der Waals surface area contributed by atoms with Gasteiger partial charge in [-0.2, -0.15) is 5.10 Å². The lowest BCUT2D eigenvalue weighted by Crippen LogP contribution is -2.26. The second kappa shape index (κ2) is 9.90. The van der Waals surface area contributed by atoms with Crippen molar-refractivity contribution in [2.75, 3.05) is 5.32 Å². The zero-order valence-corrected chi connectivity index (χ0v) is 22.8. The van der Waals surface area contributed by atoms with Crippen LogP contribution in [0.2, 0.25) is 0 Å². The number of carbonyl (C=O) groups excluding carboxylic acids is 1. The maximum atomic E-state index is 13.3. The highest BCUT2D eigenvalue weighted by Crippen LogP contribution is 2.45. The van der Waals surface area contributed by atoms with Crippen LogP contribution in [0, 0.1) is 6.92 Å². The predicted octanol–water partition coefficient (Wildman–Crippen LogP) is 7.25. The molecule has 0 saturated heterocycles. The summed E-state index contributed by atoms with van der Waals surface area (Å²) in [4.78, 5) is 22.6. The molecule has 2 aliphatic carbocycles. The van der Waals surface area contributed by atoms with Gasteiger partial charge in [-0.3, -0.25) is 9.48 Å². The van der Waals surface area contributed by atoms with E-state index in [9.17, 15) is 4.79 Å². The summed E-state index contributed by atoms with van der Waals surface area (Å²) in [6.07, 6.45) is 10.4. The molecular formula is C33H32N6O. The van der Waals surface area contributed by atoms with E-state index in [0.29, 0.717) is 23.5 Å². The van der Waals surface area contributed by atoms with Gasteiger partial charge in [-0.15, -0.1) is 0 Å². The second-order valence-electron chi connectivity index (χ2n) is 11.2. The third kappa shape index (κ3) is 5.07. The van der Waals surface area contributed by atoms with E-state index in [0.717, 1.165) is 33.3 Å². The maximum Gasteiger partial charge on any atom is 0.251 e. The Morgan fingerprint density at radius 1 is 1.00 bits per heavy atom. The first-order chi connectivity index (χ1) is 19.5.